The van der Waals surface area contributed by atoms with Crippen molar-refractivity contribution in [3.63, 3.8) is 0 Å². The first-order valence-electron chi connectivity index (χ1n) is 2.88. The van der Waals surface area contributed by atoms with Crippen LogP contribution in [0, 0.1) is 0 Å². The molecule has 0 aliphatic rings. The van der Waals surface area contributed by atoms with E-state index < -0.39 is 0 Å². The van der Waals surface area contributed by atoms with Gasteiger partial charge in [0.15, 0.2) is 0 Å². The van der Waals surface area contributed by atoms with Crippen LogP contribution in [0.15, 0.2) is 17.1 Å². The molecular weight excluding hydrogens is 132 g/mol. The molecule has 0 bridgehead atoms. The number of carbonyl (C=O) groups is 1. The van der Waals surface area contributed by atoms with Crippen molar-refractivity contribution in [3.05, 3.63) is 22.6 Å². The number of carbonyl (C=O) groups excluding carboxylic acids is 1. The van der Waals surface area contributed by atoms with Gasteiger partial charge in [0.25, 0.3) is 5.56 Å². The largest absolute Gasteiger partial charge is 0.273 e. The third-order valence-electron chi connectivity index (χ3n) is 1.32. The second-order valence-electron chi connectivity index (χ2n) is 2.04. The second-order valence-corrected chi connectivity index (χ2v) is 2.04. The van der Waals surface area contributed by atoms with Crippen molar-refractivity contribution in [2.75, 3.05) is 0 Å². The quantitative estimate of drug-likeness (QED) is 0.503. The summed E-state index contributed by atoms with van der Waals surface area (Å²) < 4.78 is 2.50. The standard InChI is InChI=1S/C6H8N2O2/c1-5(9)8-4-3-6(10)7(8)2/h3-4H,1-2H3. The Kier molecular flexibility index (Phi) is 1.45. The zero-order valence-electron chi connectivity index (χ0n) is 5.87. The normalized spacial score (nSPS) is 9.80. The Hall–Kier alpha value is -1.32. The topological polar surface area (TPSA) is 44.0 Å². The maximum atomic E-state index is 10.7. The van der Waals surface area contributed by atoms with E-state index in [1.165, 1.54) is 28.6 Å². The Morgan fingerprint density at radius 2 is 2.20 bits per heavy atom. The van der Waals surface area contributed by atoms with E-state index in [0.717, 1.165) is 0 Å². The summed E-state index contributed by atoms with van der Waals surface area (Å²) in [6, 6.07) is 1.35. The first-order valence-corrected chi connectivity index (χ1v) is 2.88. The third-order valence-corrected chi connectivity index (χ3v) is 1.32. The van der Waals surface area contributed by atoms with Gasteiger partial charge in [-0.15, -0.1) is 0 Å². The van der Waals surface area contributed by atoms with Crippen LogP contribution in [0.5, 0.6) is 0 Å². The van der Waals surface area contributed by atoms with E-state index in [1.807, 2.05) is 0 Å². The molecule has 0 saturated heterocycles. The molecule has 0 aromatic carbocycles. The number of aromatic nitrogens is 2. The minimum Gasteiger partial charge on any atom is -0.273 e. The van der Waals surface area contributed by atoms with Crippen molar-refractivity contribution in [3.8, 4) is 0 Å². The molecule has 0 atom stereocenters. The predicted octanol–water partition coefficient (Wildman–Crippen LogP) is -0.153. The zero-order chi connectivity index (χ0) is 7.72. The van der Waals surface area contributed by atoms with Crippen molar-refractivity contribution in [2.45, 2.75) is 6.92 Å². The molecule has 0 saturated carbocycles. The fourth-order valence-electron chi connectivity index (χ4n) is 0.765. The molecule has 4 nitrogen and oxygen atoms in total. The molecule has 1 aromatic rings. The number of hydrogen-bond donors (Lipinski definition) is 0. The van der Waals surface area contributed by atoms with E-state index in [0.29, 0.717) is 0 Å². The monoisotopic (exact) mass is 140 g/mol. The van der Waals surface area contributed by atoms with Gasteiger partial charge in [-0.2, -0.15) is 0 Å². The lowest BCUT2D eigenvalue weighted by Gasteiger charge is -1.99. The van der Waals surface area contributed by atoms with Crippen molar-refractivity contribution >= 4 is 5.91 Å². The van der Waals surface area contributed by atoms with Gasteiger partial charge in [0.2, 0.25) is 5.91 Å². The Labute approximate surface area is 57.7 Å². The van der Waals surface area contributed by atoms with Crippen LogP contribution in [0.25, 0.3) is 0 Å². The van der Waals surface area contributed by atoms with Crippen LogP contribution < -0.4 is 5.56 Å². The van der Waals surface area contributed by atoms with Gasteiger partial charge >= 0.3 is 0 Å². The van der Waals surface area contributed by atoms with Crippen molar-refractivity contribution in [2.24, 2.45) is 7.05 Å². The SMILES string of the molecule is CC(=O)n1ccc(=O)n1C. The first kappa shape index (κ1) is 6.80. The molecule has 1 heterocycles. The maximum Gasteiger partial charge on any atom is 0.266 e. The Balaban J connectivity index is 3.31. The molecule has 54 valence electrons. The van der Waals surface area contributed by atoms with E-state index in [4.69, 9.17) is 0 Å². The van der Waals surface area contributed by atoms with Gasteiger partial charge in [-0.3, -0.25) is 9.59 Å². The molecule has 1 aromatic heterocycles. The summed E-state index contributed by atoms with van der Waals surface area (Å²) in [5.41, 5.74) is -0.171. The molecular formula is C6H8N2O2. The highest BCUT2D eigenvalue weighted by Crippen LogP contribution is 1.81. The molecule has 1 rings (SSSR count). The molecule has 0 unspecified atom stereocenters. The number of rotatable bonds is 0. The van der Waals surface area contributed by atoms with Crippen LogP contribution in [0.2, 0.25) is 0 Å². The maximum absolute atomic E-state index is 10.7. The van der Waals surface area contributed by atoms with Crippen molar-refractivity contribution in [1.82, 2.24) is 9.36 Å². The lowest BCUT2D eigenvalue weighted by molar-refractivity contribution is 0.0906. The van der Waals surface area contributed by atoms with E-state index in [2.05, 4.69) is 0 Å². The molecule has 10 heavy (non-hydrogen) atoms. The molecule has 0 N–H and O–H groups in total. The van der Waals surface area contributed by atoms with Crippen LogP contribution in [-0.2, 0) is 7.05 Å². The van der Waals surface area contributed by atoms with Crippen LogP contribution in [0.1, 0.15) is 11.7 Å². The minimum atomic E-state index is -0.171. The summed E-state index contributed by atoms with van der Waals surface area (Å²) in [4.78, 5) is 21.4. The Morgan fingerprint density at radius 1 is 1.60 bits per heavy atom. The van der Waals surface area contributed by atoms with Crippen molar-refractivity contribution < 1.29 is 4.79 Å². The third kappa shape index (κ3) is 0.877. The Morgan fingerprint density at radius 3 is 2.40 bits per heavy atom. The lowest BCUT2D eigenvalue weighted by Crippen LogP contribution is -2.22. The summed E-state index contributed by atoms with van der Waals surface area (Å²) in [5.74, 6) is -0.162. The van der Waals surface area contributed by atoms with Gasteiger partial charge in [0.05, 0.1) is 0 Å². The second kappa shape index (κ2) is 2.13. The van der Waals surface area contributed by atoms with Gasteiger partial charge in [-0.1, -0.05) is 0 Å². The zero-order valence-corrected chi connectivity index (χ0v) is 5.87. The fourth-order valence-corrected chi connectivity index (χ4v) is 0.765. The molecule has 0 fully saturated rings. The van der Waals surface area contributed by atoms with Crippen LogP contribution in [-0.4, -0.2) is 15.3 Å². The van der Waals surface area contributed by atoms with Gasteiger partial charge in [-0.05, 0) is 0 Å². The molecule has 0 amide bonds. The summed E-state index contributed by atoms with van der Waals surface area (Å²) >= 11 is 0. The van der Waals surface area contributed by atoms with E-state index in [-0.39, 0.29) is 11.5 Å². The van der Waals surface area contributed by atoms with Crippen LogP contribution >= 0.6 is 0 Å². The van der Waals surface area contributed by atoms with E-state index >= 15 is 0 Å². The predicted molar refractivity (Wildman–Crippen MR) is 36.0 cm³/mol. The highest BCUT2D eigenvalue weighted by atomic mass is 16.2. The Bertz CT molecular complexity index is 308. The number of hydrogen-bond acceptors (Lipinski definition) is 2. The van der Waals surface area contributed by atoms with Crippen LogP contribution in [0.4, 0.5) is 0 Å². The average Bonchev–Trinajstić information content (AvgIpc) is 2.14. The first-order chi connectivity index (χ1) is 4.63. The number of nitrogens with zero attached hydrogens (tertiary/aromatic N) is 2. The summed E-state index contributed by atoms with van der Waals surface area (Å²) in [5, 5.41) is 0. The molecule has 0 radical (unpaired) electrons. The molecule has 0 spiro atoms. The fraction of sp³-hybridized carbons (Fsp3) is 0.333. The highest BCUT2D eigenvalue weighted by Gasteiger charge is 2.00. The summed E-state index contributed by atoms with van der Waals surface area (Å²) in [7, 11) is 1.55. The molecule has 0 aliphatic heterocycles. The molecule has 0 aliphatic carbocycles. The lowest BCUT2D eigenvalue weighted by atomic mass is 10.7. The van der Waals surface area contributed by atoms with Gasteiger partial charge in [0, 0.05) is 26.2 Å². The van der Waals surface area contributed by atoms with Gasteiger partial charge < -0.3 is 0 Å². The van der Waals surface area contributed by atoms with Gasteiger partial charge in [-0.25, -0.2) is 9.36 Å². The van der Waals surface area contributed by atoms with Gasteiger partial charge in [0.1, 0.15) is 0 Å². The van der Waals surface area contributed by atoms with Crippen molar-refractivity contribution in [1.29, 1.82) is 0 Å². The minimum absolute atomic E-state index is 0.162. The smallest absolute Gasteiger partial charge is 0.266 e. The highest BCUT2D eigenvalue weighted by molar-refractivity contribution is 5.74. The summed E-state index contributed by atoms with van der Waals surface area (Å²) in [6.07, 6.45) is 1.45. The summed E-state index contributed by atoms with van der Waals surface area (Å²) in [6.45, 7) is 1.40. The van der Waals surface area contributed by atoms with Crippen LogP contribution in [0.3, 0.4) is 0 Å². The van der Waals surface area contributed by atoms with E-state index in [1.54, 1.807) is 7.05 Å². The molecule has 4 heteroatoms. The average molecular weight is 140 g/mol. The van der Waals surface area contributed by atoms with E-state index in [9.17, 15) is 9.59 Å².